The molecule has 0 unspecified atom stereocenters. The summed E-state index contributed by atoms with van der Waals surface area (Å²) in [6.45, 7) is 3.87. The summed E-state index contributed by atoms with van der Waals surface area (Å²) in [6, 6.07) is 11.8. The van der Waals surface area contributed by atoms with Crippen molar-refractivity contribution < 1.29 is 9.18 Å². The Morgan fingerprint density at radius 1 is 1.11 bits per heavy atom. The van der Waals surface area contributed by atoms with Crippen LogP contribution in [0.1, 0.15) is 35.5 Å². The Morgan fingerprint density at radius 3 is 2.68 bits per heavy atom. The third kappa shape index (κ3) is 3.77. The van der Waals surface area contributed by atoms with Gasteiger partial charge in [-0.1, -0.05) is 18.2 Å². The van der Waals surface area contributed by atoms with Crippen LogP contribution in [-0.2, 0) is 19.0 Å². The molecule has 0 bridgehead atoms. The lowest BCUT2D eigenvalue weighted by Gasteiger charge is -2.21. The van der Waals surface area contributed by atoms with Crippen molar-refractivity contribution in [1.82, 2.24) is 34.5 Å². The molecule has 1 aliphatic heterocycles. The van der Waals surface area contributed by atoms with E-state index in [2.05, 4.69) is 30.4 Å². The molecule has 5 aromatic rings. The lowest BCUT2D eigenvalue weighted by atomic mass is 9.84. The Labute approximate surface area is 216 Å². The van der Waals surface area contributed by atoms with Crippen molar-refractivity contribution in [1.29, 1.82) is 0 Å². The number of benzene rings is 1. The highest BCUT2D eigenvalue weighted by molar-refractivity contribution is 6.09. The van der Waals surface area contributed by atoms with Crippen LogP contribution in [-0.4, -0.2) is 46.3 Å². The van der Waals surface area contributed by atoms with Gasteiger partial charge in [-0.3, -0.25) is 9.48 Å². The number of amides is 1. The molecule has 190 valence electrons. The summed E-state index contributed by atoms with van der Waals surface area (Å²) >= 11 is 0. The number of rotatable bonds is 5. The van der Waals surface area contributed by atoms with E-state index in [1.54, 1.807) is 59.1 Å². The zero-order chi connectivity index (χ0) is 26.6. The summed E-state index contributed by atoms with van der Waals surface area (Å²) in [5.41, 5.74) is 7.48. The first kappa shape index (κ1) is 23.4. The number of nitrogens with zero attached hydrogens (tertiary/aromatic N) is 8. The van der Waals surface area contributed by atoms with Gasteiger partial charge in [0.15, 0.2) is 23.1 Å². The van der Waals surface area contributed by atoms with Crippen LogP contribution in [0.4, 0.5) is 16.0 Å². The van der Waals surface area contributed by atoms with Gasteiger partial charge in [0.05, 0.1) is 17.3 Å². The molecule has 0 fully saturated rings. The number of hydrogen-bond donors (Lipinski definition) is 2. The number of amidine groups is 1. The summed E-state index contributed by atoms with van der Waals surface area (Å²) in [7, 11) is 1.75. The zero-order valence-electron chi connectivity index (χ0n) is 20.8. The second-order valence-corrected chi connectivity index (χ2v) is 9.52. The summed E-state index contributed by atoms with van der Waals surface area (Å²) in [4.78, 5) is 31.7. The average molecular weight is 511 g/mol. The lowest BCUT2D eigenvalue weighted by Crippen LogP contribution is -2.34. The van der Waals surface area contributed by atoms with Crippen LogP contribution in [0.2, 0.25) is 0 Å². The van der Waals surface area contributed by atoms with Crippen LogP contribution in [0.25, 0.3) is 22.6 Å². The molecule has 11 nitrogen and oxygen atoms in total. The van der Waals surface area contributed by atoms with E-state index in [1.807, 2.05) is 19.9 Å². The highest BCUT2D eigenvalue weighted by Crippen LogP contribution is 2.40. The number of anilines is 1. The van der Waals surface area contributed by atoms with Crippen LogP contribution in [0.3, 0.4) is 0 Å². The second-order valence-electron chi connectivity index (χ2n) is 9.52. The Bertz CT molecular complexity index is 1770. The van der Waals surface area contributed by atoms with Gasteiger partial charge in [0.1, 0.15) is 23.0 Å². The molecule has 5 heterocycles. The van der Waals surface area contributed by atoms with Gasteiger partial charge >= 0.3 is 0 Å². The van der Waals surface area contributed by atoms with Crippen molar-refractivity contribution in [3.05, 3.63) is 77.5 Å². The first-order valence-corrected chi connectivity index (χ1v) is 11.9. The van der Waals surface area contributed by atoms with Gasteiger partial charge in [-0.15, -0.1) is 0 Å². The van der Waals surface area contributed by atoms with Gasteiger partial charge < -0.3 is 11.1 Å². The van der Waals surface area contributed by atoms with E-state index in [1.165, 1.54) is 6.07 Å². The van der Waals surface area contributed by atoms with Gasteiger partial charge in [-0.2, -0.15) is 10.2 Å². The standard InChI is InChI=1S/C26H23FN10O/c1-26(2)18-20(24(38)30-17-10-12-36(3)34-17)31-22(32-21(18)33-25(26)28)19-15-8-6-11-29-23(15)37(35-19)13-14-7-4-5-9-16(14)27/h4-12H,13H2,1-3H3,(H,30,34,38)(H2,28,31,32,33). The van der Waals surface area contributed by atoms with Gasteiger partial charge in [0.25, 0.3) is 5.91 Å². The van der Waals surface area contributed by atoms with E-state index >= 15 is 0 Å². The molecule has 0 spiro atoms. The zero-order valence-corrected chi connectivity index (χ0v) is 20.8. The van der Waals surface area contributed by atoms with E-state index in [4.69, 9.17) is 10.8 Å². The molecule has 1 aliphatic rings. The minimum absolute atomic E-state index is 0.116. The van der Waals surface area contributed by atoms with Crippen LogP contribution >= 0.6 is 0 Å². The van der Waals surface area contributed by atoms with Crippen LogP contribution in [0.5, 0.6) is 0 Å². The number of hydrogen-bond acceptors (Lipinski definition) is 8. The molecule has 4 aromatic heterocycles. The number of carbonyl (C=O) groups is 1. The van der Waals surface area contributed by atoms with Crippen LogP contribution < -0.4 is 11.1 Å². The van der Waals surface area contributed by atoms with Crippen molar-refractivity contribution in [2.75, 3.05) is 5.32 Å². The monoisotopic (exact) mass is 510 g/mol. The number of fused-ring (bicyclic) bond motifs is 2. The molecule has 1 amide bonds. The summed E-state index contributed by atoms with van der Waals surface area (Å²) < 4.78 is 17.6. The largest absolute Gasteiger partial charge is 0.386 e. The fraction of sp³-hybridized carbons (Fsp3) is 0.192. The van der Waals surface area contributed by atoms with Gasteiger partial charge in [0, 0.05) is 36.6 Å². The fourth-order valence-corrected chi connectivity index (χ4v) is 4.49. The Morgan fingerprint density at radius 2 is 1.92 bits per heavy atom. The lowest BCUT2D eigenvalue weighted by molar-refractivity contribution is 0.102. The Kier molecular flexibility index (Phi) is 5.26. The molecule has 6 rings (SSSR count). The molecule has 0 saturated carbocycles. The third-order valence-electron chi connectivity index (χ3n) is 6.55. The number of aryl methyl sites for hydroxylation is 1. The molecule has 0 atom stereocenters. The minimum atomic E-state index is -0.765. The van der Waals surface area contributed by atoms with E-state index in [9.17, 15) is 9.18 Å². The third-order valence-corrected chi connectivity index (χ3v) is 6.55. The van der Waals surface area contributed by atoms with Gasteiger partial charge in [-0.05, 0) is 32.0 Å². The van der Waals surface area contributed by atoms with Crippen molar-refractivity contribution in [3.63, 3.8) is 0 Å². The first-order chi connectivity index (χ1) is 18.2. The van der Waals surface area contributed by atoms with Gasteiger partial charge in [-0.25, -0.2) is 29.0 Å². The molecule has 0 saturated heterocycles. The maximum absolute atomic E-state index is 14.4. The Hall–Kier alpha value is -5.00. The molecule has 1 aromatic carbocycles. The molecule has 12 heteroatoms. The normalized spacial score (nSPS) is 13.9. The number of nitrogens with one attached hydrogen (secondary N) is 1. The van der Waals surface area contributed by atoms with Crippen molar-refractivity contribution in [2.24, 2.45) is 17.8 Å². The number of halogens is 1. The first-order valence-electron chi connectivity index (χ1n) is 11.9. The highest BCUT2D eigenvalue weighted by atomic mass is 19.1. The van der Waals surface area contributed by atoms with E-state index in [-0.39, 0.29) is 23.9 Å². The molecule has 0 aliphatic carbocycles. The summed E-state index contributed by atoms with van der Waals surface area (Å²) in [5.74, 6) is 0.346. The quantitative estimate of drug-likeness (QED) is 0.369. The topological polar surface area (TPSA) is 142 Å². The van der Waals surface area contributed by atoms with Gasteiger partial charge in [0.2, 0.25) is 0 Å². The van der Waals surface area contributed by atoms with E-state index < -0.39 is 11.3 Å². The maximum Gasteiger partial charge on any atom is 0.276 e. The van der Waals surface area contributed by atoms with Crippen molar-refractivity contribution >= 4 is 34.4 Å². The molecule has 38 heavy (non-hydrogen) atoms. The molecular weight excluding hydrogens is 487 g/mol. The summed E-state index contributed by atoms with van der Waals surface area (Å²) in [5, 5.41) is 12.4. The van der Waals surface area contributed by atoms with Crippen LogP contribution in [0.15, 0.2) is 59.9 Å². The Balaban J connectivity index is 1.51. The van der Waals surface area contributed by atoms with Crippen molar-refractivity contribution in [2.45, 2.75) is 25.8 Å². The second kappa shape index (κ2) is 8.54. The number of nitrogens with two attached hydrogens (primary N) is 1. The fourth-order valence-electron chi connectivity index (χ4n) is 4.49. The minimum Gasteiger partial charge on any atom is -0.386 e. The van der Waals surface area contributed by atoms with Crippen LogP contribution in [0, 0.1) is 5.82 Å². The maximum atomic E-state index is 14.4. The van der Waals surface area contributed by atoms with E-state index in [0.717, 1.165) is 0 Å². The van der Waals surface area contributed by atoms with E-state index in [0.29, 0.717) is 45.3 Å². The molecule has 3 N–H and O–H groups in total. The number of aromatic nitrogens is 7. The number of aliphatic imine (C=N–C) groups is 1. The molecular formula is C26H23FN10O. The molecule has 0 radical (unpaired) electrons. The number of carbonyl (C=O) groups excluding carboxylic acids is 1. The predicted octanol–water partition coefficient (Wildman–Crippen LogP) is 3.34. The highest BCUT2D eigenvalue weighted by Gasteiger charge is 2.40. The predicted molar refractivity (Wildman–Crippen MR) is 140 cm³/mol. The summed E-state index contributed by atoms with van der Waals surface area (Å²) in [6.07, 6.45) is 3.35. The smallest absolute Gasteiger partial charge is 0.276 e. The number of pyridine rings is 1. The SMILES string of the molecule is Cn1ccc(NC(=O)c2nc(-c3nn(Cc4ccccc4F)c4ncccc34)nc3c2C(C)(C)C(N)=N3)n1. The average Bonchev–Trinajstić information content (AvgIpc) is 3.54. The van der Waals surface area contributed by atoms with Crippen molar-refractivity contribution in [3.8, 4) is 11.5 Å².